The third kappa shape index (κ3) is 2.67. The zero-order valence-electron chi connectivity index (χ0n) is 12.0. The van der Waals surface area contributed by atoms with Crippen LogP contribution in [0.4, 0.5) is 0 Å². The van der Waals surface area contributed by atoms with Crippen LogP contribution in [0.1, 0.15) is 23.8 Å². The number of rotatable bonds is 3. The summed E-state index contributed by atoms with van der Waals surface area (Å²) in [4.78, 5) is 18.9. The molecule has 6 nitrogen and oxygen atoms in total. The Bertz CT molecular complexity index is 625. The third-order valence-corrected chi connectivity index (χ3v) is 3.95. The highest BCUT2D eigenvalue weighted by Crippen LogP contribution is 2.23. The van der Waals surface area contributed by atoms with E-state index in [9.17, 15) is 4.79 Å². The molecule has 1 saturated heterocycles. The van der Waals surface area contributed by atoms with Crippen molar-refractivity contribution < 1.29 is 4.79 Å². The molecule has 21 heavy (non-hydrogen) atoms. The Kier molecular flexibility index (Phi) is 3.70. The first kappa shape index (κ1) is 13.8. The van der Waals surface area contributed by atoms with Crippen molar-refractivity contribution in [3.8, 4) is 5.82 Å². The lowest BCUT2D eigenvalue weighted by Crippen LogP contribution is -2.35. The number of carbonyl (C=O) groups excluding carboxylic acids is 1. The average Bonchev–Trinajstić information content (AvgIpc) is 3.16. The molecule has 1 fully saturated rings. The molecule has 110 valence electrons. The van der Waals surface area contributed by atoms with Crippen LogP contribution in [0, 0.1) is 5.92 Å². The van der Waals surface area contributed by atoms with Gasteiger partial charge in [0.2, 0.25) is 0 Å². The Morgan fingerprint density at radius 3 is 2.95 bits per heavy atom. The minimum absolute atomic E-state index is 0.0348. The van der Waals surface area contributed by atoms with Crippen LogP contribution in [0.5, 0.6) is 0 Å². The van der Waals surface area contributed by atoms with Gasteiger partial charge in [-0.3, -0.25) is 4.79 Å². The second kappa shape index (κ2) is 5.65. The molecule has 0 aromatic carbocycles. The summed E-state index contributed by atoms with van der Waals surface area (Å²) in [6.45, 7) is 3.39. The highest BCUT2D eigenvalue weighted by atomic mass is 16.2. The molecule has 1 aliphatic rings. The number of aromatic nitrogens is 3. The first-order valence-corrected chi connectivity index (χ1v) is 7.17. The molecule has 0 spiro atoms. The first-order valence-electron chi connectivity index (χ1n) is 7.17. The monoisotopic (exact) mass is 285 g/mol. The number of likely N-dealkylation sites (tertiary alicyclic amines) is 1. The standard InChI is InChI=1S/C15H19N5O/c1-11-8-12(9-16)10-19(11)15(21)13-4-2-5-14(18-13)20-7-3-6-17-20/h2-7,11-12H,8-10,16H2,1H3. The summed E-state index contributed by atoms with van der Waals surface area (Å²) in [6, 6.07) is 7.45. The maximum atomic E-state index is 12.6. The minimum atomic E-state index is -0.0348. The van der Waals surface area contributed by atoms with Gasteiger partial charge in [-0.25, -0.2) is 9.67 Å². The van der Waals surface area contributed by atoms with E-state index in [1.165, 1.54) is 0 Å². The van der Waals surface area contributed by atoms with E-state index in [-0.39, 0.29) is 11.9 Å². The summed E-state index contributed by atoms with van der Waals surface area (Å²) >= 11 is 0. The molecule has 1 aliphatic heterocycles. The van der Waals surface area contributed by atoms with Crippen LogP contribution in [0.3, 0.4) is 0 Å². The molecule has 0 radical (unpaired) electrons. The van der Waals surface area contributed by atoms with Crippen molar-refractivity contribution in [1.82, 2.24) is 19.7 Å². The van der Waals surface area contributed by atoms with E-state index in [1.807, 2.05) is 23.1 Å². The van der Waals surface area contributed by atoms with Gasteiger partial charge in [-0.05, 0) is 44.0 Å². The maximum Gasteiger partial charge on any atom is 0.272 e. The minimum Gasteiger partial charge on any atom is -0.334 e. The highest BCUT2D eigenvalue weighted by molar-refractivity contribution is 5.92. The molecule has 2 N–H and O–H groups in total. The SMILES string of the molecule is CC1CC(CN)CN1C(=O)c1cccc(-n2cccn2)n1. The molecule has 2 aromatic heterocycles. The van der Waals surface area contributed by atoms with Crippen LogP contribution in [0.15, 0.2) is 36.7 Å². The van der Waals surface area contributed by atoms with Crippen molar-refractivity contribution in [2.24, 2.45) is 11.7 Å². The molecule has 0 aliphatic carbocycles. The topological polar surface area (TPSA) is 77.0 Å². The van der Waals surface area contributed by atoms with Gasteiger partial charge < -0.3 is 10.6 Å². The number of carbonyl (C=O) groups is 1. The number of nitrogens with zero attached hydrogens (tertiary/aromatic N) is 4. The van der Waals surface area contributed by atoms with Crippen molar-refractivity contribution in [3.63, 3.8) is 0 Å². The van der Waals surface area contributed by atoms with E-state index in [0.717, 1.165) is 6.42 Å². The van der Waals surface area contributed by atoms with Crippen LogP contribution >= 0.6 is 0 Å². The third-order valence-electron chi connectivity index (χ3n) is 3.95. The van der Waals surface area contributed by atoms with Gasteiger partial charge in [-0.2, -0.15) is 5.10 Å². The molecule has 0 saturated carbocycles. The van der Waals surface area contributed by atoms with E-state index < -0.39 is 0 Å². The van der Waals surface area contributed by atoms with Gasteiger partial charge in [-0.15, -0.1) is 0 Å². The normalized spacial score (nSPS) is 21.7. The van der Waals surface area contributed by atoms with Crippen LogP contribution < -0.4 is 5.73 Å². The predicted octanol–water partition coefficient (Wildman–Crippen LogP) is 1.08. The summed E-state index contributed by atoms with van der Waals surface area (Å²) in [6.07, 6.45) is 4.45. The van der Waals surface area contributed by atoms with Crippen LogP contribution in [0.25, 0.3) is 5.82 Å². The van der Waals surface area contributed by atoms with Crippen LogP contribution in [0.2, 0.25) is 0 Å². The molecule has 3 rings (SSSR count). The summed E-state index contributed by atoms with van der Waals surface area (Å²) in [5.41, 5.74) is 6.17. The fraction of sp³-hybridized carbons (Fsp3) is 0.400. The highest BCUT2D eigenvalue weighted by Gasteiger charge is 2.32. The zero-order chi connectivity index (χ0) is 14.8. The maximum absolute atomic E-state index is 12.6. The lowest BCUT2D eigenvalue weighted by molar-refractivity contribution is 0.0737. The fourth-order valence-corrected chi connectivity index (χ4v) is 2.82. The lowest BCUT2D eigenvalue weighted by Gasteiger charge is -2.21. The van der Waals surface area contributed by atoms with Gasteiger partial charge in [-0.1, -0.05) is 6.07 Å². The summed E-state index contributed by atoms with van der Waals surface area (Å²) in [5.74, 6) is 0.999. The molecule has 0 bridgehead atoms. The number of nitrogens with two attached hydrogens (primary N) is 1. The molecule has 2 unspecified atom stereocenters. The Labute approximate surface area is 123 Å². The smallest absolute Gasteiger partial charge is 0.272 e. The zero-order valence-corrected chi connectivity index (χ0v) is 12.0. The largest absolute Gasteiger partial charge is 0.334 e. The van der Waals surface area contributed by atoms with Gasteiger partial charge in [0, 0.05) is 25.0 Å². The predicted molar refractivity (Wildman–Crippen MR) is 79.0 cm³/mol. The Hall–Kier alpha value is -2.21. The van der Waals surface area contributed by atoms with Crippen molar-refractivity contribution >= 4 is 5.91 Å². The van der Waals surface area contributed by atoms with E-state index in [0.29, 0.717) is 30.5 Å². The second-order valence-corrected chi connectivity index (χ2v) is 5.48. The fourth-order valence-electron chi connectivity index (χ4n) is 2.82. The van der Waals surface area contributed by atoms with Crippen molar-refractivity contribution in [2.45, 2.75) is 19.4 Å². The quantitative estimate of drug-likeness (QED) is 0.915. The number of amides is 1. The van der Waals surface area contributed by atoms with E-state index in [1.54, 1.807) is 23.1 Å². The molecule has 1 amide bonds. The molecule has 6 heteroatoms. The Morgan fingerprint density at radius 1 is 1.43 bits per heavy atom. The molecular weight excluding hydrogens is 266 g/mol. The van der Waals surface area contributed by atoms with Crippen LogP contribution in [-0.4, -0.2) is 44.7 Å². The average molecular weight is 285 g/mol. The summed E-state index contributed by atoms with van der Waals surface area (Å²) in [5, 5.41) is 4.14. The number of pyridine rings is 1. The van der Waals surface area contributed by atoms with E-state index >= 15 is 0 Å². The number of hydrogen-bond acceptors (Lipinski definition) is 4. The van der Waals surface area contributed by atoms with Gasteiger partial charge in [0.1, 0.15) is 5.69 Å². The van der Waals surface area contributed by atoms with E-state index in [4.69, 9.17) is 5.73 Å². The second-order valence-electron chi connectivity index (χ2n) is 5.48. The van der Waals surface area contributed by atoms with Crippen molar-refractivity contribution in [3.05, 3.63) is 42.4 Å². The van der Waals surface area contributed by atoms with Gasteiger partial charge in [0.05, 0.1) is 0 Å². The first-order chi connectivity index (χ1) is 10.2. The molecular formula is C15H19N5O. The van der Waals surface area contributed by atoms with E-state index in [2.05, 4.69) is 17.0 Å². The summed E-state index contributed by atoms with van der Waals surface area (Å²) < 4.78 is 1.65. The molecule has 3 heterocycles. The Morgan fingerprint density at radius 2 is 2.29 bits per heavy atom. The van der Waals surface area contributed by atoms with Crippen LogP contribution in [-0.2, 0) is 0 Å². The molecule has 2 aromatic rings. The van der Waals surface area contributed by atoms with Crippen molar-refractivity contribution in [1.29, 1.82) is 0 Å². The lowest BCUT2D eigenvalue weighted by atomic mass is 10.1. The summed E-state index contributed by atoms with van der Waals surface area (Å²) in [7, 11) is 0. The van der Waals surface area contributed by atoms with Crippen molar-refractivity contribution in [2.75, 3.05) is 13.1 Å². The van der Waals surface area contributed by atoms with Gasteiger partial charge in [0.15, 0.2) is 5.82 Å². The Balaban J connectivity index is 1.84. The van der Waals surface area contributed by atoms with Gasteiger partial charge >= 0.3 is 0 Å². The van der Waals surface area contributed by atoms with Gasteiger partial charge in [0.25, 0.3) is 5.91 Å². The molecule has 2 atom stereocenters. The number of hydrogen-bond donors (Lipinski definition) is 1.